The minimum Gasteiger partial charge on any atom is -0.496 e. The number of cyclic esters (lactones) is 1. The van der Waals surface area contributed by atoms with Crippen LogP contribution in [0, 0.1) is 6.92 Å². The number of hydrogen-bond acceptors (Lipinski definition) is 5. The third-order valence-corrected chi connectivity index (χ3v) is 6.24. The molecule has 0 radical (unpaired) electrons. The lowest BCUT2D eigenvalue weighted by atomic mass is 9.95. The van der Waals surface area contributed by atoms with Crippen LogP contribution in [0.4, 0.5) is 0 Å². The average Bonchev–Trinajstić information content (AvgIpc) is 2.96. The van der Waals surface area contributed by atoms with Crippen LogP contribution in [0.25, 0.3) is 0 Å². The second-order valence-electron chi connectivity index (χ2n) is 7.82. The molecule has 0 saturated carbocycles. The van der Waals surface area contributed by atoms with Gasteiger partial charge in [-0.25, -0.2) is 4.79 Å². The number of carbonyl (C=O) groups excluding carboxylic acids is 2. The number of hydrogen-bond donors (Lipinski definition) is 0. The molecule has 0 spiro atoms. The highest BCUT2D eigenvalue weighted by Gasteiger charge is 2.33. The summed E-state index contributed by atoms with van der Waals surface area (Å²) in [5.41, 5.74) is 3.64. The first kappa shape index (κ1) is 20.2. The van der Waals surface area contributed by atoms with E-state index in [-0.39, 0.29) is 12.6 Å². The molecule has 0 atom stereocenters. The Labute approximate surface area is 156 Å². The first-order chi connectivity index (χ1) is 12.2. The van der Waals surface area contributed by atoms with E-state index >= 15 is 0 Å². The number of allylic oxidation sites excluding steroid dienone is 2. The van der Waals surface area contributed by atoms with Crippen molar-refractivity contribution in [1.29, 1.82) is 0 Å². The highest BCUT2D eigenvalue weighted by molar-refractivity contribution is 6.76. The molecule has 1 aromatic rings. The highest BCUT2D eigenvalue weighted by atomic mass is 28.3. The minimum atomic E-state index is -1.28. The van der Waals surface area contributed by atoms with E-state index in [2.05, 4.69) is 19.6 Å². The number of aldehydes is 1. The maximum Gasteiger partial charge on any atom is 0.342 e. The molecule has 2 rings (SSSR count). The van der Waals surface area contributed by atoms with Crippen LogP contribution in [0.5, 0.6) is 11.5 Å². The lowest BCUT2D eigenvalue weighted by Gasteiger charge is -2.21. The molecule has 0 fully saturated rings. The van der Waals surface area contributed by atoms with Crippen LogP contribution >= 0.6 is 0 Å². The fourth-order valence-electron chi connectivity index (χ4n) is 2.94. The van der Waals surface area contributed by atoms with Crippen molar-refractivity contribution in [2.24, 2.45) is 0 Å². The molecule has 142 valence electrons. The number of carbonyl (C=O) groups is 2. The van der Waals surface area contributed by atoms with Crippen molar-refractivity contribution in [2.45, 2.75) is 52.6 Å². The zero-order valence-corrected chi connectivity index (χ0v) is 17.5. The lowest BCUT2D eigenvalue weighted by molar-refractivity contribution is -0.104. The Kier molecular flexibility index (Phi) is 6.29. The summed E-state index contributed by atoms with van der Waals surface area (Å²) in [7, 11) is 0.332. The fourth-order valence-corrected chi connectivity index (χ4v) is 3.65. The van der Waals surface area contributed by atoms with Gasteiger partial charge in [0.05, 0.1) is 13.7 Å². The van der Waals surface area contributed by atoms with E-state index in [9.17, 15) is 9.59 Å². The molecule has 1 aliphatic rings. The zero-order valence-electron chi connectivity index (χ0n) is 16.5. The van der Waals surface area contributed by atoms with Gasteiger partial charge in [0.1, 0.15) is 30.0 Å². The van der Waals surface area contributed by atoms with Crippen molar-refractivity contribution in [3.63, 3.8) is 0 Å². The summed E-state index contributed by atoms with van der Waals surface area (Å²) in [6.45, 7) is 11.3. The molecule has 0 amide bonds. The van der Waals surface area contributed by atoms with Crippen molar-refractivity contribution in [3.8, 4) is 11.5 Å². The summed E-state index contributed by atoms with van der Waals surface area (Å²) in [6.07, 6.45) is 3.09. The van der Waals surface area contributed by atoms with E-state index in [0.717, 1.165) is 29.0 Å². The second kappa shape index (κ2) is 8.08. The zero-order chi connectivity index (χ0) is 19.5. The summed E-state index contributed by atoms with van der Waals surface area (Å²) >= 11 is 0. The summed E-state index contributed by atoms with van der Waals surface area (Å²) in [4.78, 5) is 23.3. The Morgan fingerprint density at radius 1 is 1.27 bits per heavy atom. The van der Waals surface area contributed by atoms with E-state index in [1.807, 2.05) is 13.0 Å². The summed E-state index contributed by atoms with van der Waals surface area (Å²) in [5, 5.41) is 0. The van der Waals surface area contributed by atoms with Gasteiger partial charge in [-0.05, 0) is 37.4 Å². The summed E-state index contributed by atoms with van der Waals surface area (Å²) in [6, 6.07) is 0.982. The van der Waals surface area contributed by atoms with Gasteiger partial charge in [0.2, 0.25) is 0 Å². The van der Waals surface area contributed by atoms with Crippen LogP contribution in [-0.2, 0) is 22.6 Å². The molecule has 1 heterocycles. The van der Waals surface area contributed by atoms with Crippen molar-refractivity contribution in [2.75, 3.05) is 13.7 Å². The molecule has 0 bridgehead atoms. The van der Waals surface area contributed by atoms with Gasteiger partial charge in [0.25, 0.3) is 0 Å². The standard InChI is InChI=1S/C20H28O5Si/c1-13(11-21)7-8-15-18(23-3)14(2)16-12-25-20(22)17(16)19(15)24-9-10-26(4,5)6/h7,11H,8-10,12H2,1-6H3/b13-7+. The van der Waals surface area contributed by atoms with E-state index in [1.165, 1.54) is 0 Å². The van der Waals surface area contributed by atoms with Crippen LogP contribution < -0.4 is 9.47 Å². The van der Waals surface area contributed by atoms with Gasteiger partial charge < -0.3 is 14.2 Å². The first-order valence-corrected chi connectivity index (χ1v) is 12.5. The topological polar surface area (TPSA) is 61.8 Å². The molecule has 6 heteroatoms. The average molecular weight is 377 g/mol. The van der Waals surface area contributed by atoms with Crippen molar-refractivity contribution in [3.05, 3.63) is 33.9 Å². The predicted molar refractivity (Wildman–Crippen MR) is 104 cm³/mol. The van der Waals surface area contributed by atoms with Crippen LogP contribution in [0.1, 0.15) is 34.0 Å². The van der Waals surface area contributed by atoms with Crippen molar-refractivity contribution in [1.82, 2.24) is 0 Å². The van der Waals surface area contributed by atoms with Gasteiger partial charge in [0, 0.05) is 19.2 Å². The Hall–Kier alpha value is -2.08. The Morgan fingerprint density at radius 3 is 2.54 bits per heavy atom. The first-order valence-electron chi connectivity index (χ1n) is 8.83. The van der Waals surface area contributed by atoms with Gasteiger partial charge in [0.15, 0.2) is 0 Å². The number of ether oxygens (including phenoxy) is 3. The molecular weight excluding hydrogens is 348 g/mol. The van der Waals surface area contributed by atoms with E-state index < -0.39 is 8.07 Å². The molecule has 0 N–H and O–H groups in total. The Bertz CT molecular complexity index is 744. The Balaban J connectivity index is 2.54. The predicted octanol–water partition coefficient (Wildman–Crippen LogP) is 4.08. The smallest absolute Gasteiger partial charge is 0.342 e. The number of fused-ring (bicyclic) bond motifs is 1. The number of rotatable bonds is 8. The molecule has 1 aliphatic heterocycles. The normalized spacial score (nSPS) is 14.1. The van der Waals surface area contributed by atoms with Crippen LogP contribution in [0.2, 0.25) is 25.7 Å². The monoisotopic (exact) mass is 376 g/mol. The molecule has 26 heavy (non-hydrogen) atoms. The summed E-state index contributed by atoms with van der Waals surface area (Å²) in [5.74, 6) is 0.879. The van der Waals surface area contributed by atoms with Crippen LogP contribution in [0.3, 0.4) is 0 Å². The van der Waals surface area contributed by atoms with Crippen LogP contribution in [-0.4, -0.2) is 34.0 Å². The fraction of sp³-hybridized carbons (Fsp3) is 0.500. The number of esters is 1. The minimum absolute atomic E-state index is 0.240. The molecule has 0 unspecified atom stereocenters. The Morgan fingerprint density at radius 2 is 1.96 bits per heavy atom. The molecular formula is C20H28O5Si. The molecule has 0 aromatic heterocycles. The molecule has 1 aromatic carbocycles. The number of methoxy groups -OCH3 is 1. The SMILES string of the molecule is COc1c(C)c2c(c(OCC[Si](C)(C)C)c1C/C=C(\C)C=O)C(=O)OC2. The van der Waals surface area contributed by atoms with E-state index in [4.69, 9.17) is 14.2 Å². The molecule has 0 saturated heterocycles. The largest absolute Gasteiger partial charge is 0.496 e. The lowest BCUT2D eigenvalue weighted by Crippen LogP contribution is -2.23. The van der Waals surface area contributed by atoms with Crippen LogP contribution in [0.15, 0.2) is 11.6 Å². The maximum atomic E-state index is 12.3. The van der Waals surface area contributed by atoms with E-state index in [0.29, 0.717) is 35.7 Å². The quantitative estimate of drug-likeness (QED) is 0.296. The highest BCUT2D eigenvalue weighted by Crippen LogP contribution is 2.43. The van der Waals surface area contributed by atoms with Gasteiger partial charge in [-0.3, -0.25) is 4.79 Å². The van der Waals surface area contributed by atoms with Gasteiger partial charge >= 0.3 is 5.97 Å². The summed E-state index contributed by atoms with van der Waals surface area (Å²) < 4.78 is 17.0. The van der Waals surface area contributed by atoms with Crippen molar-refractivity contribution < 1.29 is 23.8 Å². The maximum absolute atomic E-state index is 12.3. The number of benzene rings is 1. The second-order valence-corrected chi connectivity index (χ2v) is 13.4. The van der Waals surface area contributed by atoms with Gasteiger partial charge in [-0.15, -0.1) is 0 Å². The van der Waals surface area contributed by atoms with Crippen molar-refractivity contribution >= 4 is 20.3 Å². The van der Waals surface area contributed by atoms with E-state index in [1.54, 1.807) is 14.0 Å². The van der Waals surface area contributed by atoms with Gasteiger partial charge in [-0.2, -0.15) is 0 Å². The molecule has 0 aliphatic carbocycles. The molecule has 5 nitrogen and oxygen atoms in total. The third-order valence-electron chi connectivity index (χ3n) is 4.54. The van der Waals surface area contributed by atoms with Gasteiger partial charge in [-0.1, -0.05) is 25.7 Å². The third kappa shape index (κ3) is 4.36.